The topological polar surface area (TPSA) is 77.8 Å². The molecule has 3 atom stereocenters. The Morgan fingerprint density at radius 2 is 1.67 bits per heavy atom. The number of aliphatic carboxylic acids is 1. The average Bonchev–Trinajstić information content (AvgIpc) is 2.73. The normalized spacial score (nSPS) is 31.1. The molecule has 0 aromatic heterocycles. The van der Waals surface area contributed by atoms with Gasteiger partial charge in [0.15, 0.2) is 0 Å². The highest BCUT2D eigenvalue weighted by molar-refractivity contribution is 5.76. The summed E-state index contributed by atoms with van der Waals surface area (Å²) in [5.74, 6) is -0.798. The molecule has 2 fully saturated rings. The highest BCUT2D eigenvalue weighted by Gasteiger charge is 2.53. The molecule has 5 heteroatoms. The lowest BCUT2D eigenvalue weighted by Gasteiger charge is -2.43. The summed E-state index contributed by atoms with van der Waals surface area (Å²) < 4.78 is 0. The van der Waals surface area contributed by atoms with Crippen molar-refractivity contribution in [3.8, 4) is 0 Å². The van der Waals surface area contributed by atoms with Crippen molar-refractivity contribution in [2.24, 2.45) is 5.41 Å². The lowest BCUT2D eigenvalue weighted by Crippen LogP contribution is -2.53. The molecule has 1 aromatic carbocycles. The number of fused-ring (bicyclic) bond motifs is 2. The number of hydrogen-bond donors (Lipinski definition) is 2. The summed E-state index contributed by atoms with van der Waals surface area (Å²) in [5, 5.41) is 19.1. The molecule has 0 saturated carbocycles. The van der Waals surface area contributed by atoms with Gasteiger partial charge in [-0.05, 0) is 37.7 Å². The third kappa shape index (κ3) is 2.37. The molecule has 2 bridgehead atoms. The van der Waals surface area contributed by atoms with E-state index < -0.39 is 17.5 Å². The molecule has 0 spiro atoms. The van der Waals surface area contributed by atoms with Gasteiger partial charge in [0, 0.05) is 12.1 Å². The molecule has 1 aromatic rings. The zero-order valence-electron chi connectivity index (χ0n) is 11.7. The number of carboxylic acid groups (broad SMARTS) is 2. The Balaban J connectivity index is 1.88. The Kier molecular flexibility index (Phi) is 3.35. The minimum atomic E-state index is -0.916. The second-order valence-electron chi connectivity index (χ2n) is 6.23. The second-order valence-corrected chi connectivity index (χ2v) is 6.23. The zero-order valence-corrected chi connectivity index (χ0v) is 11.7. The first-order chi connectivity index (χ1) is 10.0. The van der Waals surface area contributed by atoms with Crippen molar-refractivity contribution in [2.75, 3.05) is 0 Å². The third-order valence-corrected chi connectivity index (χ3v) is 4.93. The first-order valence-electron chi connectivity index (χ1n) is 7.30. The van der Waals surface area contributed by atoms with Gasteiger partial charge in [-0.3, -0.25) is 4.79 Å². The van der Waals surface area contributed by atoms with Crippen LogP contribution in [-0.4, -0.2) is 39.3 Å². The quantitative estimate of drug-likeness (QED) is 0.896. The smallest absolute Gasteiger partial charge is 0.407 e. The van der Waals surface area contributed by atoms with Crippen LogP contribution in [0.15, 0.2) is 30.3 Å². The molecular formula is C16H19NO4. The Morgan fingerprint density at radius 1 is 1.10 bits per heavy atom. The molecule has 2 saturated heterocycles. The molecule has 0 aliphatic carbocycles. The molecule has 1 amide bonds. The number of rotatable bonds is 3. The van der Waals surface area contributed by atoms with Crippen LogP contribution in [0.5, 0.6) is 0 Å². The standard InChI is InChI=1S/C16H19NO4/c18-14(19)16(8-11-4-2-1-3-5-11)9-12-6-7-13(10-16)17(12)15(20)21/h1-5,12-13H,6-10H2,(H,18,19)(H,20,21)/t12-,13+,16?. The average molecular weight is 289 g/mol. The van der Waals surface area contributed by atoms with E-state index in [4.69, 9.17) is 0 Å². The number of nitrogens with zero attached hydrogens (tertiary/aromatic N) is 1. The Hall–Kier alpha value is -2.04. The van der Waals surface area contributed by atoms with Crippen LogP contribution < -0.4 is 0 Å². The van der Waals surface area contributed by atoms with Crippen LogP contribution in [0.1, 0.15) is 31.2 Å². The highest BCUT2D eigenvalue weighted by atomic mass is 16.4. The van der Waals surface area contributed by atoms with Crippen LogP contribution in [0.4, 0.5) is 4.79 Å². The van der Waals surface area contributed by atoms with Crippen LogP contribution in [-0.2, 0) is 11.2 Å². The number of hydrogen-bond acceptors (Lipinski definition) is 2. The molecule has 3 rings (SSSR count). The monoisotopic (exact) mass is 289 g/mol. The van der Waals surface area contributed by atoms with E-state index in [0.29, 0.717) is 19.3 Å². The summed E-state index contributed by atoms with van der Waals surface area (Å²) >= 11 is 0. The van der Waals surface area contributed by atoms with E-state index in [1.807, 2.05) is 30.3 Å². The molecule has 2 aliphatic heterocycles. The summed E-state index contributed by atoms with van der Waals surface area (Å²) in [6.45, 7) is 0. The molecule has 2 N–H and O–H groups in total. The lowest BCUT2D eigenvalue weighted by molar-refractivity contribution is -0.153. The van der Waals surface area contributed by atoms with E-state index in [0.717, 1.165) is 18.4 Å². The van der Waals surface area contributed by atoms with Gasteiger partial charge in [0.2, 0.25) is 0 Å². The first kappa shape index (κ1) is 13.9. The van der Waals surface area contributed by atoms with Crippen molar-refractivity contribution in [1.82, 2.24) is 4.90 Å². The van der Waals surface area contributed by atoms with Crippen LogP contribution >= 0.6 is 0 Å². The van der Waals surface area contributed by atoms with Crippen molar-refractivity contribution in [1.29, 1.82) is 0 Å². The van der Waals surface area contributed by atoms with Gasteiger partial charge in [0.1, 0.15) is 0 Å². The largest absolute Gasteiger partial charge is 0.481 e. The maximum absolute atomic E-state index is 11.9. The molecule has 2 aliphatic rings. The minimum Gasteiger partial charge on any atom is -0.481 e. The fourth-order valence-corrected chi connectivity index (χ4v) is 4.04. The van der Waals surface area contributed by atoms with Gasteiger partial charge in [0.05, 0.1) is 5.41 Å². The van der Waals surface area contributed by atoms with E-state index in [9.17, 15) is 19.8 Å². The third-order valence-electron chi connectivity index (χ3n) is 4.93. The Bertz CT molecular complexity index is 543. The molecule has 1 unspecified atom stereocenters. The number of piperidine rings is 1. The van der Waals surface area contributed by atoms with E-state index >= 15 is 0 Å². The van der Waals surface area contributed by atoms with E-state index in [-0.39, 0.29) is 12.1 Å². The van der Waals surface area contributed by atoms with Crippen molar-refractivity contribution in [3.05, 3.63) is 35.9 Å². The number of amides is 1. The summed E-state index contributed by atoms with van der Waals surface area (Å²) in [6, 6.07) is 9.31. The first-order valence-corrected chi connectivity index (χ1v) is 7.30. The van der Waals surface area contributed by atoms with Crippen LogP contribution in [0.2, 0.25) is 0 Å². The van der Waals surface area contributed by atoms with E-state index in [2.05, 4.69) is 0 Å². The minimum absolute atomic E-state index is 0.152. The van der Waals surface area contributed by atoms with Gasteiger partial charge in [-0.15, -0.1) is 0 Å². The number of carboxylic acids is 1. The Morgan fingerprint density at radius 3 is 2.14 bits per heavy atom. The fourth-order valence-electron chi connectivity index (χ4n) is 4.04. The summed E-state index contributed by atoms with van der Waals surface area (Å²) in [5.41, 5.74) is 0.169. The van der Waals surface area contributed by atoms with Gasteiger partial charge >= 0.3 is 12.1 Å². The van der Waals surface area contributed by atoms with E-state index in [1.54, 1.807) is 0 Å². The summed E-state index contributed by atoms with van der Waals surface area (Å²) in [4.78, 5) is 24.7. The van der Waals surface area contributed by atoms with Crippen LogP contribution in [0.25, 0.3) is 0 Å². The van der Waals surface area contributed by atoms with Crippen LogP contribution in [0.3, 0.4) is 0 Å². The molecule has 21 heavy (non-hydrogen) atoms. The van der Waals surface area contributed by atoms with Gasteiger partial charge in [-0.2, -0.15) is 0 Å². The fraction of sp³-hybridized carbons (Fsp3) is 0.500. The van der Waals surface area contributed by atoms with Gasteiger partial charge in [-0.1, -0.05) is 30.3 Å². The SMILES string of the molecule is O=C(O)N1[C@@H]2CC[C@H]1CC(Cc1ccccc1)(C(=O)O)C2. The number of carbonyl (C=O) groups is 2. The maximum Gasteiger partial charge on any atom is 0.407 e. The molecule has 5 nitrogen and oxygen atoms in total. The second kappa shape index (κ2) is 5.06. The number of benzene rings is 1. The van der Waals surface area contributed by atoms with Gasteiger partial charge in [-0.25, -0.2) is 4.79 Å². The van der Waals surface area contributed by atoms with E-state index in [1.165, 1.54) is 4.90 Å². The lowest BCUT2D eigenvalue weighted by atomic mass is 9.71. The van der Waals surface area contributed by atoms with Crippen molar-refractivity contribution in [2.45, 2.75) is 44.2 Å². The van der Waals surface area contributed by atoms with Gasteiger partial charge in [0.25, 0.3) is 0 Å². The van der Waals surface area contributed by atoms with Crippen molar-refractivity contribution in [3.63, 3.8) is 0 Å². The van der Waals surface area contributed by atoms with Crippen LogP contribution in [0, 0.1) is 5.41 Å². The molecule has 2 heterocycles. The molecule has 0 radical (unpaired) electrons. The molecule has 112 valence electrons. The summed E-state index contributed by atoms with van der Waals surface area (Å²) in [6.07, 6.45) is 1.95. The van der Waals surface area contributed by atoms with Crippen molar-refractivity contribution < 1.29 is 19.8 Å². The Labute approximate surface area is 123 Å². The zero-order chi connectivity index (χ0) is 15.0. The predicted molar refractivity (Wildman–Crippen MR) is 76.1 cm³/mol. The van der Waals surface area contributed by atoms with Crippen molar-refractivity contribution >= 4 is 12.1 Å². The highest BCUT2D eigenvalue weighted by Crippen LogP contribution is 2.47. The summed E-state index contributed by atoms with van der Waals surface area (Å²) in [7, 11) is 0. The maximum atomic E-state index is 11.9. The predicted octanol–water partition coefficient (Wildman–Crippen LogP) is 2.60. The van der Waals surface area contributed by atoms with Gasteiger partial charge < -0.3 is 15.1 Å². The molecular weight excluding hydrogens is 270 g/mol.